The van der Waals surface area contributed by atoms with E-state index in [9.17, 15) is 0 Å². The summed E-state index contributed by atoms with van der Waals surface area (Å²) in [5.41, 5.74) is -0.0287. The number of rotatable bonds is 3. The zero-order valence-corrected chi connectivity index (χ0v) is 10.1. The van der Waals surface area contributed by atoms with Crippen molar-refractivity contribution in [1.82, 2.24) is 0 Å². The van der Waals surface area contributed by atoms with Gasteiger partial charge in [0.25, 0.3) is 0 Å². The maximum atomic E-state index is 9.16. The third-order valence-electron chi connectivity index (χ3n) is 3.14. The number of furan rings is 1. The van der Waals surface area contributed by atoms with Crippen LogP contribution in [0, 0.1) is 0 Å². The predicted octanol–water partition coefficient (Wildman–Crippen LogP) is 2.47. The molecule has 84 valence electrons. The molecule has 0 unspecified atom stereocenters. The highest BCUT2D eigenvalue weighted by Crippen LogP contribution is 2.39. The normalized spacial score (nSPS) is 20.4. The molecule has 2 heterocycles. The molecule has 0 aromatic carbocycles. The first-order valence-corrected chi connectivity index (χ1v) is 6.01. The average molecular weight is 275 g/mol. The van der Waals surface area contributed by atoms with Crippen LogP contribution in [0.3, 0.4) is 0 Å². The Morgan fingerprint density at radius 2 is 2.07 bits per heavy atom. The predicted molar refractivity (Wildman–Crippen MR) is 59.8 cm³/mol. The van der Waals surface area contributed by atoms with Gasteiger partial charge in [-0.15, -0.1) is 0 Å². The van der Waals surface area contributed by atoms with Crippen molar-refractivity contribution in [2.75, 3.05) is 19.8 Å². The molecule has 1 aromatic rings. The van der Waals surface area contributed by atoms with Crippen LogP contribution in [0.25, 0.3) is 0 Å². The molecule has 1 saturated heterocycles. The lowest BCUT2D eigenvalue weighted by molar-refractivity contribution is 0.0312. The number of ether oxygens (including phenoxy) is 1. The van der Waals surface area contributed by atoms with E-state index in [1.54, 1.807) is 0 Å². The highest BCUT2D eigenvalue weighted by atomic mass is 79.9. The number of halogens is 1. The molecule has 0 bridgehead atoms. The van der Waals surface area contributed by atoms with E-state index in [2.05, 4.69) is 15.9 Å². The van der Waals surface area contributed by atoms with E-state index in [0.29, 0.717) is 0 Å². The van der Waals surface area contributed by atoms with Crippen molar-refractivity contribution < 1.29 is 14.3 Å². The molecule has 0 radical (unpaired) electrons. The van der Waals surface area contributed by atoms with E-state index >= 15 is 0 Å². The Balaban J connectivity index is 2.24. The first-order valence-electron chi connectivity index (χ1n) is 5.21. The minimum Gasteiger partial charge on any atom is -0.454 e. The van der Waals surface area contributed by atoms with E-state index in [-0.39, 0.29) is 12.0 Å². The Labute approximate surface area is 97.5 Å². The molecular formula is C11H15BrO3. The van der Waals surface area contributed by atoms with Crippen LogP contribution in [0.1, 0.15) is 25.0 Å². The van der Waals surface area contributed by atoms with Crippen LogP contribution in [0.15, 0.2) is 21.2 Å². The maximum Gasteiger partial charge on any atom is 0.169 e. The fraction of sp³-hybridized carbons (Fsp3) is 0.636. The lowest BCUT2D eigenvalue weighted by Gasteiger charge is -2.34. The highest BCUT2D eigenvalue weighted by Gasteiger charge is 2.36. The molecular weight excluding hydrogens is 260 g/mol. The van der Waals surface area contributed by atoms with Crippen LogP contribution < -0.4 is 0 Å². The topological polar surface area (TPSA) is 42.6 Å². The minimum atomic E-state index is -0.0287. The minimum absolute atomic E-state index is 0.0287. The van der Waals surface area contributed by atoms with E-state index in [0.717, 1.165) is 42.9 Å². The molecule has 3 nitrogen and oxygen atoms in total. The van der Waals surface area contributed by atoms with Crippen molar-refractivity contribution >= 4 is 15.9 Å². The van der Waals surface area contributed by atoms with Crippen LogP contribution in [-0.2, 0) is 10.2 Å². The summed E-state index contributed by atoms with van der Waals surface area (Å²) in [4.78, 5) is 0. The third-order valence-corrected chi connectivity index (χ3v) is 3.56. The van der Waals surface area contributed by atoms with Gasteiger partial charge in [-0.1, -0.05) is 0 Å². The number of aliphatic hydroxyl groups excluding tert-OH is 1. The Morgan fingerprint density at radius 3 is 2.60 bits per heavy atom. The maximum absolute atomic E-state index is 9.16. The quantitative estimate of drug-likeness (QED) is 0.921. The smallest absolute Gasteiger partial charge is 0.169 e. The second-order valence-corrected chi connectivity index (χ2v) is 4.75. The summed E-state index contributed by atoms with van der Waals surface area (Å²) in [5, 5.41) is 9.16. The highest BCUT2D eigenvalue weighted by molar-refractivity contribution is 9.10. The summed E-state index contributed by atoms with van der Waals surface area (Å²) in [7, 11) is 0. The molecule has 1 aromatic heterocycles. The van der Waals surface area contributed by atoms with Crippen LogP contribution >= 0.6 is 15.9 Å². The van der Waals surface area contributed by atoms with Crippen LogP contribution in [0.5, 0.6) is 0 Å². The van der Waals surface area contributed by atoms with Gasteiger partial charge in [0.15, 0.2) is 4.67 Å². The average Bonchev–Trinajstić information content (AvgIpc) is 2.67. The molecule has 0 atom stereocenters. The Bertz CT molecular complexity index is 310. The SMILES string of the molecule is OCCC1(c2ccc(Br)o2)CCOCC1. The van der Waals surface area contributed by atoms with E-state index in [1.807, 2.05) is 12.1 Å². The van der Waals surface area contributed by atoms with Crippen molar-refractivity contribution in [2.24, 2.45) is 0 Å². The lowest BCUT2D eigenvalue weighted by Crippen LogP contribution is -2.34. The van der Waals surface area contributed by atoms with Gasteiger partial charge in [0.2, 0.25) is 0 Å². The van der Waals surface area contributed by atoms with Crippen molar-refractivity contribution in [1.29, 1.82) is 0 Å². The zero-order chi connectivity index (χ0) is 10.7. The molecule has 0 aliphatic carbocycles. The van der Waals surface area contributed by atoms with Crippen molar-refractivity contribution in [3.8, 4) is 0 Å². The fourth-order valence-electron chi connectivity index (χ4n) is 2.20. The Kier molecular flexibility index (Phi) is 3.49. The number of aliphatic hydroxyl groups is 1. The van der Waals surface area contributed by atoms with Crippen molar-refractivity contribution in [3.05, 3.63) is 22.6 Å². The van der Waals surface area contributed by atoms with Crippen LogP contribution in [-0.4, -0.2) is 24.9 Å². The molecule has 4 heteroatoms. The van der Waals surface area contributed by atoms with Crippen LogP contribution in [0.2, 0.25) is 0 Å². The molecule has 2 rings (SSSR count). The van der Waals surface area contributed by atoms with Gasteiger partial charge in [-0.3, -0.25) is 0 Å². The summed E-state index contributed by atoms with van der Waals surface area (Å²) in [6.45, 7) is 1.69. The molecule has 0 amide bonds. The molecule has 15 heavy (non-hydrogen) atoms. The second-order valence-electron chi connectivity index (χ2n) is 3.97. The van der Waals surface area contributed by atoms with Gasteiger partial charge in [-0.25, -0.2) is 0 Å². The summed E-state index contributed by atoms with van der Waals surface area (Å²) >= 11 is 3.31. The first kappa shape index (κ1) is 11.2. The van der Waals surface area contributed by atoms with E-state index in [4.69, 9.17) is 14.3 Å². The Morgan fingerprint density at radius 1 is 1.33 bits per heavy atom. The van der Waals surface area contributed by atoms with Crippen molar-refractivity contribution in [2.45, 2.75) is 24.7 Å². The molecule has 1 aliphatic rings. The van der Waals surface area contributed by atoms with Gasteiger partial charge < -0.3 is 14.3 Å². The van der Waals surface area contributed by atoms with E-state index in [1.165, 1.54) is 0 Å². The monoisotopic (exact) mass is 274 g/mol. The van der Waals surface area contributed by atoms with Gasteiger partial charge in [0, 0.05) is 25.2 Å². The molecule has 1 aliphatic heterocycles. The van der Waals surface area contributed by atoms with Gasteiger partial charge in [0.05, 0.1) is 0 Å². The Hall–Kier alpha value is -0.320. The summed E-state index contributed by atoms with van der Waals surface area (Å²) in [6, 6.07) is 3.90. The standard InChI is InChI=1S/C11H15BrO3/c12-10-2-1-9(15-10)11(3-6-13)4-7-14-8-5-11/h1-2,13H,3-8H2. The third kappa shape index (κ3) is 2.27. The lowest BCUT2D eigenvalue weighted by atomic mass is 9.75. The summed E-state index contributed by atoms with van der Waals surface area (Å²) in [5.74, 6) is 0.965. The first-order chi connectivity index (χ1) is 7.27. The van der Waals surface area contributed by atoms with E-state index < -0.39 is 0 Å². The van der Waals surface area contributed by atoms with Gasteiger partial charge in [0.1, 0.15) is 5.76 Å². The van der Waals surface area contributed by atoms with Crippen LogP contribution in [0.4, 0.5) is 0 Å². The van der Waals surface area contributed by atoms with Crippen molar-refractivity contribution in [3.63, 3.8) is 0 Å². The molecule has 1 N–H and O–H groups in total. The molecule has 0 saturated carbocycles. The molecule has 1 fully saturated rings. The second kappa shape index (κ2) is 4.68. The molecule has 0 spiro atoms. The van der Waals surface area contributed by atoms with Gasteiger partial charge >= 0.3 is 0 Å². The largest absolute Gasteiger partial charge is 0.454 e. The fourth-order valence-corrected chi connectivity index (χ4v) is 2.50. The van der Waals surface area contributed by atoms with Gasteiger partial charge in [-0.05, 0) is 47.3 Å². The van der Waals surface area contributed by atoms with Gasteiger partial charge in [-0.2, -0.15) is 0 Å². The zero-order valence-electron chi connectivity index (χ0n) is 8.54. The number of hydrogen-bond donors (Lipinski definition) is 1. The summed E-state index contributed by atoms with van der Waals surface area (Å²) in [6.07, 6.45) is 2.59. The summed E-state index contributed by atoms with van der Waals surface area (Å²) < 4.78 is 11.7. The number of hydrogen-bond acceptors (Lipinski definition) is 3.